The van der Waals surface area contributed by atoms with Gasteiger partial charge in [0.15, 0.2) is 0 Å². The summed E-state index contributed by atoms with van der Waals surface area (Å²) in [7, 11) is 0. The zero-order valence-electron chi connectivity index (χ0n) is 12.0. The average Bonchev–Trinajstić information content (AvgIpc) is 2.89. The van der Waals surface area contributed by atoms with Crippen LogP contribution in [-0.4, -0.2) is 0 Å². The lowest BCUT2D eigenvalue weighted by Gasteiger charge is -2.11. The third-order valence-corrected chi connectivity index (χ3v) is 4.55. The Balaban J connectivity index is 1.85. The van der Waals surface area contributed by atoms with Gasteiger partial charge in [0.05, 0.1) is 6.04 Å². The zero-order valence-corrected chi connectivity index (χ0v) is 12.7. The maximum absolute atomic E-state index is 6.09. The van der Waals surface area contributed by atoms with Crippen LogP contribution in [0.1, 0.15) is 48.9 Å². The summed E-state index contributed by atoms with van der Waals surface area (Å²) in [5, 5.41) is 4.41. The summed E-state index contributed by atoms with van der Waals surface area (Å²) in [6.07, 6.45) is 2.23. The van der Waals surface area contributed by atoms with Crippen molar-refractivity contribution in [3.05, 3.63) is 64.2 Å². The molecule has 3 rings (SSSR count). The van der Waals surface area contributed by atoms with Crippen LogP contribution >= 0.6 is 11.6 Å². The first-order chi connectivity index (χ1) is 9.67. The van der Waals surface area contributed by atoms with Crippen molar-refractivity contribution < 1.29 is 0 Å². The summed E-state index contributed by atoms with van der Waals surface area (Å²) in [6, 6.07) is 15.3. The standard InChI is InChI=1S/C18H20ClN/c1-3-12(2)13-7-8-17-15(9-13)11-18(20-17)14-5-4-6-16(19)10-14/h4-10,12,18,20H,3,11H2,1-2H3. The Morgan fingerprint density at radius 2 is 2.10 bits per heavy atom. The van der Waals surface area contributed by atoms with Crippen molar-refractivity contribution in [2.45, 2.75) is 38.6 Å². The van der Waals surface area contributed by atoms with Crippen molar-refractivity contribution in [3.63, 3.8) is 0 Å². The lowest BCUT2D eigenvalue weighted by molar-refractivity contribution is 0.732. The summed E-state index contributed by atoms with van der Waals surface area (Å²) < 4.78 is 0. The van der Waals surface area contributed by atoms with Crippen molar-refractivity contribution in [2.24, 2.45) is 0 Å². The fraction of sp³-hybridized carbons (Fsp3) is 0.333. The van der Waals surface area contributed by atoms with Gasteiger partial charge < -0.3 is 5.32 Å². The SMILES string of the molecule is CCC(C)c1ccc2c(c1)CC(c1cccc(Cl)c1)N2. The number of anilines is 1. The number of hydrogen-bond donors (Lipinski definition) is 1. The second-order valence-corrected chi connectivity index (χ2v) is 6.12. The molecule has 0 amide bonds. The molecule has 1 heterocycles. The Morgan fingerprint density at radius 1 is 1.25 bits per heavy atom. The molecule has 0 spiro atoms. The Kier molecular flexibility index (Phi) is 3.71. The minimum Gasteiger partial charge on any atom is -0.378 e. The van der Waals surface area contributed by atoms with Gasteiger partial charge in [0, 0.05) is 10.7 Å². The molecule has 104 valence electrons. The first-order valence-corrected chi connectivity index (χ1v) is 7.70. The molecule has 0 saturated carbocycles. The predicted molar refractivity (Wildman–Crippen MR) is 86.7 cm³/mol. The first-order valence-electron chi connectivity index (χ1n) is 7.32. The second-order valence-electron chi connectivity index (χ2n) is 5.68. The van der Waals surface area contributed by atoms with Crippen LogP contribution in [0.5, 0.6) is 0 Å². The van der Waals surface area contributed by atoms with Crippen molar-refractivity contribution in [1.29, 1.82) is 0 Å². The largest absolute Gasteiger partial charge is 0.378 e. The average molecular weight is 286 g/mol. The number of halogens is 1. The minimum absolute atomic E-state index is 0.343. The normalized spacial score (nSPS) is 18.4. The Labute approximate surface area is 126 Å². The van der Waals surface area contributed by atoms with E-state index in [1.165, 1.54) is 28.8 Å². The summed E-state index contributed by atoms with van der Waals surface area (Å²) in [6.45, 7) is 4.53. The van der Waals surface area contributed by atoms with Gasteiger partial charge in [-0.15, -0.1) is 0 Å². The lowest BCUT2D eigenvalue weighted by Crippen LogP contribution is -2.05. The molecule has 0 saturated heterocycles. The van der Waals surface area contributed by atoms with Crippen LogP contribution in [-0.2, 0) is 6.42 Å². The summed E-state index contributed by atoms with van der Waals surface area (Å²) in [4.78, 5) is 0. The highest BCUT2D eigenvalue weighted by Crippen LogP contribution is 2.36. The molecule has 1 aliphatic heterocycles. The van der Waals surface area contributed by atoms with Crippen molar-refractivity contribution in [3.8, 4) is 0 Å². The van der Waals surface area contributed by atoms with Gasteiger partial charge in [0.1, 0.15) is 0 Å². The monoisotopic (exact) mass is 285 g/mol. The van der Waals surface area contributed by atoms with Gasteiger partial charge in [0.2, 0.25) is 0 Å². The number of hydrogen-bond acceptors (Lipinski definition) is 1. The molecule has 1 aliphatic rings. The fourth-order valence-electron chi connectivity index (χ4n) is 2.85. The smallest absolute Gasteiger partial charge is 0.0555 e. The molecular weight excluding hydrogens is 266 g/mol. The van der Waals surface area contributed by atoms with E-state index in [0.29, 0.717) is 12.0 Å². The van der Waals surface area contributed by atoms with E-state index in [1.807, 2.05) is 12.1 Å². The van der Waals surface area contributed by atoms with Gasteiger partial charge in [-0.25, -0.2) is 0 Å². The van der Waals surface area contributed by atoms with Crippen LogP contribution in [0, 0.1) is 0 Å². The molecule has 1 N–H and O–H groups in total. The van der Waals surface area contributed by atoms with Gasteiger partial charge in [-0.05, 0) is 53.6 Å². The molecule has 2 heteroatoms. The highest BCUT2D eigenvalue weighted by molar-refractivity contribution is 6.30. The Bertz CT molecular complexity index is 621. The molecular formula is C18H20ClN. The highest BCUT2D eigenvalue weighted by Gasteiger charge is 2.22. The molecule has 2 unspecified atom stereocenters. The summed E-state index contributed by atoms with van der Waals surface area (Å²) >= 11 is 6.09. The van der Waals surface area contributed by atoms with Crippen LogP contribution in [0.3, 0.4) is 0 Å². The van der Waals surface area contributed by atoms with E-state index in [9.17, 15) is 0 Å². The third-order valence-electron chi connectivity index (χ3n) is 4.32. The molecule has 2 aromatic rings. The van der Waals surface area contributed by atoms with Crippen LogP contribution in [0.15, 0.2) is 42.5 Å². The van der Waals surface area contributed by atoms with Crippen molar-refractivity contribution in [2.75, 3.05) is 5.32 Å². The fourth-order valence-corrected chi connectivity index (χ4v) is 3.05. The topological polar surface area (TPSA) is 12.0 Å². The number of nitrogens with one attached hydrogen (secondary N) is 1. The molecule has 0 aliphatic carbocycles. The Hall–Kier alpha value is -1.47. The van der Waals surface area contributed by atoms with E-state index >= 15 is 0 Å². The highest BCUT2D eigenvalue weighted by atomic mass is 35.5. The van der Waals surface area contributed by atoms with Gasteiger partial charge in [-0.3, -0.25) is 0 Å². The molecule has 2 aromatic carbocycles. The maximum atomic E-state index is 6.09. The van der Waals surface area contributed by atoms with E-state index < -0.39 is 0 Å². The van der Waals surface area contributed by atoms with E-state index in [4.69, 9.17) is 11.6 Å². The minimum atomic E-state index is 0.343. The summed E-state index contributed by atoms with van der Waals surface area (Å²) in [5.41, 5.74) is 5.40. The van der Waals surface area contributed by atoms with Crippen LogP contribution in [0.4, 0.5) is 5.69 Å². The number of fused-ring (bicyclic) bond motifs is 1. The van der Waals surface area contributed by atoms with Gasteiger partial charge in [-0.1, -0.05) is 49.7 Å². The van der Waals surface area contributed by atoms with Crippen LogP contribution < -0.4 is 5.32 Å². The molecule has 20 heavy (non-hydrogen) atoms. The molecule has 0 fully saturated rings. The van der Waals surface area contributed by atoms with E-state index in [1.54, 1.807) is 0 Å². The third kappa shape index (κ3) is 2.55. The second kappa shape index (κ2) is 5.49. The number of rotatable bonds is 3. The Morgan fingerprint density at radius 3 is 2.85 bits per heavy atom. The van der Waals surface area contributed by atoms with Crippen LogP contribution in [0.25, 0.3) is 0 Å². The zero-order chi connectivity index (χ0) is 14.1. The predicted octanol–water partition coefficient (Wildman–Crippen LogP) is 5.56. The molecule has 2 atom stereocenters. The van der Waals surface area contributed by atoms with Gasteiger partial charge >= 0.3 is 0 Å². The first kappa shape index (κ1) is 13.5. The van der Waals surface area contributed by atoms with Crippen molar-refractivity contribution >= 4 is 17.3 Å². The van der Waals surface area contributed by atoms with E-state index in [0.717, 1.165) is 11.4 Å². The van der Waals surface area contributed by atoms with Crippen molar-refractivity contribution in [1.82, 2.24) is 0 Å². The van der Waals surface area contributed by atoms with Gasteiger partial charge in [0.25, 0.3) is 0 Å². The molecule has 0 aromatic heterocycles. The molecule has 1 nitrogen and oxygen atoms in total. The molecule has 0 radical (unpaired) electrons. The summed E-state index contributed by atoms with van der Waals surface area (Å²) in [5.74, 6) is 0.630. The molecule has 0 bridgehead atoms. The number of benzene rings is 2. The van der Waals surface area contributed by atoms with E-state index in [-0.39, 0.29) is 0 Å². The van der Waals surface area contributed by atoms with E-state index in [2.05, 4.69) is 49.5 Å². The quantitative estimate of drug-likeness (QED) is 0.778. The van der Waals surface area contributed by atoms with Gasteiger partial charge in [-0.2, -0.15) is 0 Å². The maximum Gasteiger partial charge on any atom is 0.0555 e. The van der Waals surface area contributed by atoms with Crippen LogP contribution in [0.2, 0.25) is 5.02 Å². The lowest BCUT2D eigenvalue weighted by atomic mass is 9.95.